The number of hydrogen-bond acceptors (Lipinski definition) is 6. The number of para-hydroxylation sites is 1. The minimum absolute atomic E-state index is 0.179. The molecule has 0 bridgehead atoms. The zero-order chi connectivity index (χ0) is 22.4. The van der Waals surface area contributed by atoms with Crippen LogP contribution < -0.4 is 14.8 Å². The summed E-state index contributed by atoms with van der Waals surface area (Å²) in [5.74, 6) is 1.03. The maximum atomic E-state index is 14.7. The van der Waals surface area contributed by atoms with Gasteiger partial charge in [0, 0.05) is 23.6 Å². The Morgan fingerprint density at radius 2 is 1.91 bits per heavy atom. The third-order valence-electron chi connectivity index (χ3n) is 5.38. The predicted molar refractivity (Wildman–Crippen MR) is 114 cm³/mol. The van der Waals surface area contributed by atoms with Crippen LogP contribution in [0.2, 0.25) is 0 Å². The second kappa shape index (κ2) is 7.52. The molecule has 1 aliphatic carbocycles. The molecule has 32 heavy (non-hydrogen) atoms. The van der Waals surface area contributed by atoms with Gasteiger partial charge < -0.3 is 19.3 Å². The highest BCUT2D eigenvalue weighted by Crippen LogP contribution is 2.45. The molecule has 162 valence electrons. The molecule has 0 fully saturated rings. The number of nitrogens with one attached hydrogen (secondary N) is 1. The van der Waals surface area contributed by atoms with Crippen LogP contribution in [0.3, 0.4) is 0 Å². The molecule has 1 N–H and O–H groups in total. The van der Waals surface area contributed by atoms with Crippen LogP contribution >= 0.6 is 0 Å². The van der Waals surface area contributed by atoms with Gasteiger partial charge in [-0.3, -0.25) is 4.79 Å². The number of methoxy groups -OCH3 is 2. The van der Waals surface area contributed by atoms with Gasteiger partial charge in [0.1, 0.15) is 17.3 Å². The van der Waals surface area contributed by atoms with Crippen LogP contribution in [0.5, 0.6) is 11.5 Å². The van der Waals surface area contributed by atoms with Gasteiger partial charge in [0.15, 0.2) is 23.0 Å². The summed E-state index contributed by atoms with van der Waals surface area (Å²) in [4.78, 5) is 13.1. The number of carbonyl (C=O) groups is 1. The number of aromatic nitrogens is 3. The summed E-state index contributed by atoms with van der Waals surface area (Å²) in [5.41, 5.74) is 3.45. The number of hydrogen-bond donors (Lipinski definition) is 1. The molecular formula is C23H19FN4O4. The van der Waals surface area contributed by atoms with Gasteiger partial charge in [-0.15, -0.1) is 0 Å². The lowest BCUT2D eigenvalue weighted by Crippen LogP contribution is -2.15. The maximum Gasteiger partial charge on any atom is 0.277 e. The van der Waals surface area contributed by atoms with Crippen LogP contribution in [-0.2, 0) is 6.42 Å². The van der Waals surface area contributed by atoms with E-state index in [0.29, 0.717) is 34.9 Å². The van der Waals surface area contributed by atoms with Crippen molar-refractivity contribution in [3.63, 3.8) is 0 Å². The number of aryl methyl sites for hydroxylation is 1. The number of nitrogens with zero attached hydrogens (tertiary/aromatic N) is 3. The van der Waals surface area contributed by atoms with Gasteiger partial charge in [0.2, 0.25) is 0 Å². The number of halogens is 1. The quantitative estimate of drug-likeness (QED) is 0.447. The van der Waals surface area contributed by atoms with Crippen molar-refractivity contribution in [2.45, 2.75) is 13.3 Å². The van der Waals surface area contributed by atoms with Gasteiger partial charge in [-0.05, 0) is 36.8 Å². The van der Waals surface area contributed by atoms with Crippen molar-refractivity contribution in [3.05, 3.63) is 70.9 Å². The maximum absolute atomic E-state index is 14.7. The Balaban J connectivity index is 1.68. The Hall–Kier alpha value is -4.14. The fraction of sp³-hybridized carbons (Fsp3) is 0.174. The molecule has 0 radical (unpaired) electrons. The molecule has 2 heterocycles. The van der Waals surface area contributed by atoms with Gasteiger partial charge in [0.05, 0.1) is 19.9 Å². The van der Waals surface area contributed by atoms with Crippen molar-refractivity contribution in [3.8, 4) is 28.4 Å². The first-order chi connectivity index (χ1) is 15.5. The molecule has 2 aromatic heterocycles. The third kappa shape index (κ3) is 3.09. The first-order valence-electron chi connectivity index (χ1n) is 9.87. The molecule has 4 aromatic rings. The Morgan fingerprint density at radius 3 is 2.59 bits per heavy atom. The largest absolute Gasteiger partial charge is 0.493 e. The third-order valence-corrected chi connectivity index (χ3v) is 5.38. The number of carbonyl (C=O) groups excluding carboxylic acids is 1. The van der Waals surface area contributed by atoms with E-state index in [-0.39, 0.29) is 17.2 Å². The molecule has 2 aromatic carbocycles. The van der Waals surface area contributed by atoms with Crippen LogP contribution in [0.25, 0.3) is 16.9 Å². The summed E-state index contributed by atoms with van der Waals surface area (Å²) < 4.78 is 32.1. The average molecular weight is 434 g/mol. The number of amides is 1. The Labute approximate surface area is 182 Å². The van der Waals surface area contributed by atoms with E-state index < -0.39 is 11.7 Å². The van der Waals surface area contributed by atoms with E-state index in [1.807, 2.05) is 12.1 Å². The first-order valence-corrected chi connectivity index (χ1v) is 9.87. The molecule has 8 nitrogen and oxygen atoms in total. The van der Waals surface area contributed by atoms with Crippen molar-refractivity contribution in [2.75, 3.05) is 19.5 Å². The number of ether oxygens (including phenoxy) is 2. The van der Waals surface area contributed by atoms with Crippen molar-refractivity contribution in [2.24, 2.45) is 0 Å². The molecule has 9 heteroatoms. The predicted octanol–water partition coefficient (Wildman–Crippen LogP) is 4.15. The summed E-state index contributed by atoms with van der Waals surface area (Å²) in [6.45, 7) is 1.73. The number of fused-ring (bicyclic) bond motifs is 3. The van der Waals surface area contributed by atoms with E-state index in [9.17, 15) is 9.18 Å². The molecule has 0 aliphatic heterocycles. The molecule has 5 rings (SSSR count). The second-order valence-corrected chi connectivity index (χ2v) is 7.36. The summed E-state index contributed by atoms with van der Waals surface area (Å²) in [7, 11) is 3.11. The Bertz CT molecular complexity index is 1360. The second-order valence-electron chi connectivity index (χ2n) is 7.36. The lowest BCUT2D eigenvalue weighted by molar-refractivity contribution is 0.102. The van der Waals surface area contributed by atoms with Gasteiger partial charge in [-0.1, -0.05) is 17.3 Å². The normalized spacial score (nSPS) is 11.8. The zero-order valence-electron chi connectivity index (χ0n) is 17.6. The van der Waals surface area contributed by atoms with E-state index >= 15 is 0 Å². The lowest BCUT2D eigenvalue weighted by atomic mass is 10.1. The van der Waals surface area contributed by atoms with E-state index in [2.05, 4.69) is 15.6 Å². The SMILES string of the molecule is COc1cc2c(cc1OC)-c1c(c(C(=O)Nc3cc(C)on3)nn1-c1ccccc1F)C2. The summed E-state index contributed by atoms with van der Waals surface area (Å²) in [6.07, 6.45) is 0.431. The highest BCUT2D eigenvalue weighted by molar-refractivity contribution is 6.05. The average Bonchev–Trinajstić information content (AvgIpc) is 3.46. The number of benzene rings is 2. The minimum Gasteiger partial charge on any atom is -0.493 e. The fourth-order valence-electron chi connectivity index (χ4n) is 3.95. The lowest BCUT2D eigenvalue weighted by Gasteiger charge is -2.12. The van der Waals surface area contributed by atoms with E-state index in [4.69, 9.17) is 14.0 Å². The monoisotopic (exact) mass is 434 g/mol. The van der Waals surface area contributed by atoms with Crippen LogP contribution in [-0.4, -0.2) is 35.1 Å². The van der Waals surface area contributed by atoms with Gasteiger partial charge >= 0.3 is 0 Å². The topological polar surface area (TPSA) is 91.4 Å². The summed E-state index contributed by atoms with van der Waals surface area (Å²) in [5, 5.41) is 11.0. The standard InChI is InChI=1S/C23H19FN4O4/c1-12-8-20(27-32-12)25-23(29)21-15-9-13-10-18(30-2)19(31-3)11-14(13)22(15)28(26-21)17-7-5-4-6-16(17)24/h4-8,10-11H,9H2,1-3H3,(H,25,27,29). The highest BCUT2D eigenvalue weighted by atomic mass is 19.1. The van der Waals surface area contributed by atoms with Crippen LogP contribution in [0.15, 0.2) is 47.0 Å². The smallest absolute Gasteiger partial charge is 0.277 e. The van der Waals surface area contributed by atoms with Gasteiger partial charge in [-0.2, -0.15) is 5.10 Å². The highest BCUT2D eigenvalue weighted by Gasteiger charge is 2.33. The van der Waals surface area contributed by atoms with E-state index in [1.165, 1.54) is 10.7 Å². The Morgan fingerprint density at radius 1 is 1.16 bits per heavy atom. The van der Waals surface area contributed by atoms with Crippen molar-refractivity contribution in [1.29, 1.82) is 0 Å². The fourth-order valence-corrected chi connectivity index (χ4v) is 3.95. The van der Waals surface area contributed by atoms with Crippen molar-refractivity contribution >= 4 is 11.7 Å². The first kappa shape index (κ1) is 19.8. The number of anilines is 1. The molecular weight excluding hydrogens is 415 g/mol. The van der Waals surface area contributed by atoms with E-state index in [0.717, 1.165) is 11.1 Å². The molecule has 0 saturated heterocycles. The molecule has 0 spiro atoms. The zero-order valence-corrected chi connectivity index (χ0v) is 17.6. The molecule has 1 amide bonds. The molecule has 0 saturated carbocycles. The van der Waals surface area contributed by atoms with Gasteiger partial charge in [0.25, 0.3) is 5.91 Å². The summed E-state index contributed by atoms with van der Waals surface area (Å²) in [6, 6.07) is 11.6. The van der Waals surface area contributed by atoms with Crippen LogP contribution in [0.1, 0.15) is 27.4 Å². The molecule has 1 aliphatic rings. The van der Waals surface area contributed by atoms with Crippen LogP contribution in [0, 0.1) is 12.7 Å². The Kier molecular flexibility index (Phi) is 4.66. The molecule has 0 atom stereocenters. The molecule has 0 unspecified atom stereocenters. The van der Waals surface area contributed by atoms with Crippen LogP contribution in [0.4, 0.5) is 10.2 Å². The van der Waals surface area contributed by atoms with Gasteiger partial charge in [-0.25, -0.2) is 9.07 Å². The van der Waals surface area contributed by atoms with Crippen molar-refractivity contribution < 1.29 is 23.2 Å². The summed E-state index contributed by atoms with van der Waals surface area (Å²) >= 11 is 0. The van der Waals surface area contributed by atoms with E-state index in [1.54, 1.807) is 45.4 Å². The minimum atomic E-state index is -0.462. The van der Waals surface area contributed by atoms with Crippen molar-refractivity contribution in [1.82, 2.24) is 14.9 Å². The number of rotatable bonds is 5.